The number of carbonyl (C=O) groups excluding carboxylic acids is 2. The Morgan fingerprint density at radius 1 is 1.35 bits per heavy atom. The molecule has 1 fully saturated rings. The van der Waals surface area contributed by atoms with Crippen molar-refractivity contribution in [3.63, 3.8) is 0 Å². The van der Waals surface area contributed by atoms with Gasteiger partial charge in [-0.15, -0.1) is 0 Å². The lowest BCUT2D eigenvalue weighted by Crippen LogP contribution is -2.48. The molecule has 1 aliphatic carbocycles. The average molecular weight is 493 g/mol. The normalized spacial score (nSPS) is 21.0. The molecule has 0 saturated heterocycles. The summed E-state index contributed by atoms with van der Waals surface area (Å²) >= 11 is 5.95. The van der Waals surface area contributed by atoms with Gasteiger partial charge in [0.1, 0.15) is 16.6 Å². The van der Waals surface area contributed by atoms with E-state index in [0.29, 0.717) is 26.2 Å². The Balaban J connectivity index is 1.66. The van der Waals surface area contributed by atoms with E-state index in [9.17, 15) is 23.9 Å². The first-order chi connectivity index (χ1) is 16.2. The Hall–Kier alpha value is -2.91. The molecule has 2 aliphatic rings. The first-order valence-electron chi connectivity index (χ1n) is 11.0. The molecule has 1 aromatic heterocycles. The number of nitrogens with zero attached hydrogens (tertiary/aromatic N) is 2. The van der Waals surface area contributed by atoms with E-state index in [1.165, 1.54) is 30.3 Å². The number of ether oxygens (including phenoxy) is 2. The molecule has 10 heteroatoms. The van der Waals surface area contributed by atoms with Gasteiger partial charge in [0.25, 0.3) is 5.91 Å². The minimum atomic E-state index is -0.912. The first-order valence-corrected chi connectivity index (χ1v) is 11.4. The molecular weight excluding hydrogens is 467 g/mol. The van der Waals surface area contributed by atoms with E-state index in [1.54, 1.807) is 11.6 Å². The maximum absolute atomic E-state index is 14.5. The second-order valence-electron chi connectivity index (χ2n) is 8.74. The van der Waals surface area contributed by atoms with Crippen LogP contribution in [0.25, 0.3) is 0 Å². The van der Waals surface area contributed by atoms with Gasteiger partial charge in [0.05, 0.1) is 24.8 Å². The van der Waals surface area contributed by atoms with Gasteiger partial charge >= 0.3 is 0 Å². The second-order valence-corrected chi connectivity index (χ2v) is 9.12. The zero-order chi connectivity index (χ0) is 24.8. The zero-order valence-electron chi connectivity index (χ0n) is 19.2. The molecule has 1 N–H and O–H groups in total. The quantitative estimate of drug-likeness (QED) is 0.569. The number of ketones is 1. The van der Waals surface area contributed by atoms with E-state index >= 15 is 0 Å². The van der Waals surface area contributed by atoms with Crippen LogP contribution in [0.4, 0.5) is 4.39 Å². The van der Waals surface area contributed by atoms with Crippen molar-refractivity contribution in [1.82, 2.24) is 9.47 Å². The Morgan fingerprint density at radius 3 is 2.76 bits per heavy atom. The van der Waals surface area contributed by atoms with Crippen LogP contribution in [-0.4, -0.2) is 60.2 Å². The van der Waals surface area contributed by atoms with E-state index in [-0.39, 0.29) is 46.4 Å². The van der Waals surface area contributed by atoms with Crippen LogP contribution in [-0.2, 0) is 16.7 Å². The fourth-order valence-electron chi connectivity index (χ4n) is 4.73. The van der Waals surface area contributed by atoms with Crippen molar-refractivity contribution in [3.8, 4) is 11.5 Å². The van der Waals surface area contributed by atoms with Gasteiger partial charge in [0, 0.05) is 38.7 Å². The molecule has 0 bridgehead atoms. The second kappa shape index (κ2) is 9.03. The van der Waals surface area contributed by atoms with Gasteiger partial charge < -0.3 is 24.0 Å². The summed E-state index contributed by atoms with van der Waals surface area (Å²) < 4.78 is 26.6. The maximum Gasteiger partial charge on any atom is 0.274 e. The van der Waals surface area contributed by atoms with Crippen molar-refractivity contribution in [3.05, 3.63) is 56.2 Å². The molecule has 2 atom stereocenters. The van der Waals surface area contributed by atoms with Crippen molar-refractivity contribution < 1.29 is 28.6 Å². The van der Waals surface area contributed by atoms with E-state index in [0.717, 1.165) is 0 Å². The van der Waals surface area contributed by atoms with Crippen LogP contribution in [0.15, 0.2) is 23.1 Å². The molecule has 1 aromatic carbocycles. The number of hydrogen-bond donors (Lipinski definition) is 1. The number of halogens is 2. The first kappa shape index (κ1) is 24.2. The van der Waals surface area contributed by atoms with Crippen molar-refractivity contribution in [1.29, 1.82) is 0 Å². The Bertz CT molecular complexity index is 1230. The summed E-state index contributed by atoms with van der Waals surface area (Å²) in [7, 11) is 2.98. The van der Waals surface area contributed by atoms with Gasteiger partial charge in [0.2, 0.25) is 5.43 Å². The van der Waals surface area contributed by atoms with Crippen LogP contribution in [0, 0.1) is 11.7 Å². The molecule has 1 aliphatic heterocycles. The average Bonchev–Trinajstić information content (AvgIpc) is 3.51. The summed E-state index contributed by atoms with van der Waals surface area (Å²) in [4.78, 5) is 40.1. The predicted molar refractivity (Wildman–Crippen MR) is 123 cm³/mol. The number of amides is 1. The van der Waals surface area contributed by atoms with Crippen LogP contribution in [0.1, 0.15) is 46.2 Å². The smallest absolute Gasteiger partial charge is 0.274 e. The van der Waals surface area contributed by atoms with Crippen LogP contribution in [0.2, 0.25) is 5.02 Å². The number of pyridine rings is 1. The van der Waals surface area contributed by atoms with Gasteiger partial charge in [-0.05, 0) is 31.4 Å². The number of aryl methyl sites for hydroxylation is 1. The Labute approximate surface area is 200 Å². The monoisotopic (exact) mass is 492 g/mol. The van der Waals surface area contributed by atoms with Gasteiger partial charge in [-0.1, -0.05) is 17.7 Å². The highest BCUT2D eigenvalue weighted by molar-refractivity contribution is 6.32. The summed E-state index contributed by atoms with van der Waals surface area (Å²) in [6.45, 7) is 3.27. The molecule has 1 spiro atoms. The number of methoxy groups -OCH3 is 1. The van der Waals surface area contributed by atoms with Gasteiger partial charge in [-0.3, -0.25) is 14.4 Å². The highest BCUT2D eigenvalue weighted by atomic mass is 35.5. The number of Topliss-reactive ketones (excluding diaryl/α,β-unsaturated/α-hetero) is 1. The zero-order valence-corrected chi connectivity index (χ0v) is 19.9. The number of benzene rings is 1. The molecule has 4 rings (SSSR count). The third-order valence-corrected chi connectivity index (χ3v) is 7.07. The van der Waals surface area contributed by atoms with Crippen molar-refractivity contribution in [2.75, 3.05) is 33.9 Å². The predicted octanol–water partition coefficient (Wildman–Crippen LogP) is 3.01. The molecule has 34 heavy (non-hydrogen) atoms. The standard InChI is InChI=1S/C24H26ClFN2O6/c1-4-34-11-14-9-24(14)12-27(2)23(32)20-22(31)21(30)15(10-28(20)24)16(29)7-5-13-6-8-17(33-3)18(25)19(13)26/h6,8,10,14,31H,4-5,7,9,11-12H2,1-3H3/t14-,24-/m0/s1. The molecule has 2 heterocycles. The summed E-state index contributed by atoms with van der Waals surface area (Å²) in [5, 5.41) is 10.5. The third kappa shape index (κ3) is 3.86. The van der Waals surface area contributed by atoms with E-state index in [1.807, 2.05) is 6.92 Å². The Kier molecular flexibility index (Phi) is 6.44. The molecule has 182 valence electrons. The third-order valence-electron chi connectivity index (χ3n) is 6.71. The topological polar surface area (TPSA) is 98.1 Å². The molecule has 1 amide bonds. The number of fused-ring (bicyclic) bond motifs is 2. The number of rotatable bonds is 8. The number of hydrogen-bond acceptors (Lipinski definition) is 6. The minimum absolute atomic E-state index is 0.00386. The van der Waals surface area contributed by atoms with Crippen LogP contribution in [0.5, 0.6) is 11.5 Å². The van der Waals surface area contributed by atoms with Crippen molar-refractivity contribution >= 4 is 23.3 Å². The highest BCUT2D eigenvalue weighted by Gasteiger charge is 2.60. The molecule has 0 unspecified atom stereocenters. The van der Waals surface area contributed by atoms with Gasteiger partial charge in [-0.25, -0.2) is 4.39 Å². The molecular formula is C24H26ClFN2O6. The summed E-state index contributed by atoms with van der Waals surface area (Å²) in [5.74, 6) is -2.24. The number of likely N-dealkylation sites (N-methyl/N-ethyl adjacent to an activating group) is 1. The van der Waals surface area contributed by atoms with E-state index < -0.39 is 34.2 Å². The van der Waals surface area contributed by atoms with E-state index in [4.69, 9.17) is 21.1 Å². The van der Waals surface area contributed by atoms with Crippen LogP contribution >= 0.6 is 11.6 Å². The molecule has 8 nitrogen and oxygen atoms in total. The fourth-order valence-corrected chi connectivity index (χ4v) is 4.99. The lowest BCUT2D eigenvalue weighted by Gasteiger charge is -2.36. The summed E-state index contributed by atoms with van der Waals surface area (Å²) in [5.41, 5.74) is -1.62. The highest BCUT2D eigenvalue weighted by Crippen LogP contribution is 2.53. The number of aromatic nitrogens is 1. The van der Waals surface area contributed by atoms with Gasteiger partial charge in [0.15, 0.2) is 17.2 Å². The molecule has 0 radical (unpaired) electrons. The SMILES string of the molecule is CCOC[C@@H]1C[C@]12CN(C)C(=O)c1c(O)c(=O)c(C(=O)CCc3ccc(OC)c(Cl)c3F)cn12. The minimum Gasteiger partial charge on any atom is -0.503 e. The maximum atomic E-state index is 14.5. The fraction of sp³-hybridized carbons (Fsp3) is 0.458. The number of carbonyl (C=O) groups is 2. The number of aromatic hydroxyl groups is 1. The van der Waals surface area contributed by atoms with Crippen molar-refractivity contribution in [2.24, 2.45) is 5.92 Å². The largest absolute Gasteiger partial charge is 0.503 e. The lowest BCUT2D eigenvalue weighted by atomic mass is 10.00. The van der Waals surface area contributed by atoms with E-state index in [2.05, 4.69) is 0 Å². The van der Waals surface area contributed by atoms with Crippen LogP contribution < -0.4 is 10.2 Å². The molecule has 1 saturated carbocycles. The lowest BCUT2D eigenvalue weighted by molar-refractivity contribution is 0.0651. The summed E-state index contributed by atoms with van der Waals surface area (Å²) in [6.07, 6.45) is 1.87. The van der Waals surface area contributed by atoms with Crippen molar-refractivity contribution in [2.45, 2.75) is 31.7 Å². The Morgan fingerprint density at radius 2 is 2.09 bits per heavy atom. The summed E-state index contributed by atoms with van der Waals surface area (Å²) in [6, 6.07) is 2.97. The molecule has 2 aromatic rings. The van der Waals surface area contributed by atoms with Crippen LogP contribution in [0.3, 0.4) is 0 Å². The van der Waals surface area contributed by atoms with Gasteiger partial charge in [-0.2, -0.15) is 0 Å².